The molecule has 0 aliphatic heterocycles. The summed E-state index contributed by atoms with van der Waals surface area (Å²) in [5, 5.41) is 2.92. The van der Waals surface area contributed by atoms with Crippen LogP contribution in [0.4, 0.5) is 11.5 Å². The number of nitrogens with zero attached hydrogens (tertiary/aromatic N) is 2. The molecule has 4 atom stereocenters. The SMILES string of the molecule is CN(C)c1ccc(NC(=O)C2C3CCC(C3)C2N)nc1.Cl.Cl. The number of nitrogens with two attached hydrogens (primary N) is 1. The third-order valence-corrected chi connectivity index (χ3v) is 4.80. The second kappa shape index (κ2) is 7.49. The van der Waals surface area contributed by atoms with Crippen molar-refractivity contribution in [3.63, 3.8) is 0 Å². The number of aromatic nitrogens is 1. The lowest BCUT2D eigenvalue weighted by molar-refractivity contribution is -0.121. The minimum Gasteiger partial charge on any atom is -0.376 e. The van der Waals surface area contributed by atoms with E-state index >= 15 is 0 Å². The molecule has 2 bridgehead atoms. The Morgan fingerprint density at radius 2 is 1.95 bits per heavy atom. The van der Waals surface area contributed by atoms with Gasteiger partial charge in [0.1, 0.15) is 5.82 Å². The topological polar surface area (TPSA) is 71.2 Å². The number of fused-ring (bicyclic) bond motifs is 2. The van der Waals surface area contributed by atoms with Gasteiger partial charge < -0.3 is 16.0 Å². The number of hydrogen-bond acceptors (Lipinski definition) is 4. The molecule has 2 aliphatic rings. The van der Waals surface area contributed by atoms with E-state index in [-0.39, 0.29) is 42.7 Å². The van der Waals surface area contributed by atoms with Gasteiger partial charge in [-0.15, -0.1) is 24.8 Å². The predicted octanol–water partition coefficient (Wildman–Crippen LogP) is 2.30. The standard InChI is InChI=1S/C15H22N4O.2ClH/c1-19(2)11-5-6-12(17-8-11)18-15(20)13-9-3-4-10(7-9)14(13)16;;/h5-6,8-10,13-14H,3-4,7,16H2,1-2H3,(H,17,18,20);2*1H. The summed E-state index contributed by atoms with van der Waals surface area (Å²) in [5.74, 6) is 1.62. The van der Waals surface area contributed by atoms with Crippen molar-refractivity contribution in [3.8, 4) is 0 Å². The maximum Gasteiger partial charge on any atom is 0.230 e. The van der Waals surface area contributed by atoms with Crippen LogP contribution in [0.15, 0.2) is 18.3 Å². The Morgan fingerprint density at radius 1 is 1.27 bits per heavy atom. The highest BCUT2D eigenvalue weighted by Gasteiger charge is 2.49. The molecule has 124 valence electrons. The number of hydrogen-bond donors (Lipinski definition) is 2. The zero-order valence-corrected chi connectivity index (χ0v) is 14.5. The quantitative estimate of drug-likeness (QED) is 0.880. The Labute approximate surface area is 143 Å². The number of anilines is 2. The van der Waals surface area contributed by atoms with Gasteiger partial charge in [0.05, 0.1) is 17.8 Å². The number of pyridine rings is 1. The first-order chi connectivity index (χ1) is 9.56. The lowest BCUT2D eigenvalue weighted by atomic mass is 9.84. The lowest BCUT2D eigenvalue weighted by Gasteiger charge is -2.26. The molecule has 3 N–H and O–H groups in total. The number of nitrogens with one attached hydrogen (secondary N) is 1. The number of carbonyl (C=O) groups excluding carboxylic acids is 1. The lowest BCUT2D eigenvalue weighted by Crippen LogP contribution is -2.42. The summed E-state index contributed by atoms with van der Waals surface area (Å²) in [6, 6.07) is 3.81. The van der Waals surface area contributed by atoms with Crippen LogP contribution in [0, 0.1) is 17.8 Å². The fourth-order valence-corrected chi connectivity index (χ4v) is 3.66. The molecule has 4 unspecified atom stereocenters. The molecule has 1 heterocycles. The zero-order valence-electron chi connectivity index (χ0n) is 12.9. The van der Waals surface area contributed by atoms with Crippen LogP contribution in [0.1, 0.15) is 19.3 Å². The molecule has 2 saturated carbocycles. The van der Waals surface area contributed by atoms with E-state index in [0.29, 0.717) is 17.7 Å². The number of rotatable bonds is 3. The van der Waals surface area contributed by atoms with Crippen molar-refractivity contribution >= 4 is 42.2 Å². The molecular formula is C15H24Cl2N4O. The van der Waals surface area contributed by atoms with Crippen LogP contribution in [0.2, 0.25) is 0 Å². The van der Waals surface area contributed by atoms with Crippen LogP contribution in [0.25, 0.3) is 0 Å². The maximum atomic E-state index is 12.4. The van der Waals surface area contributed by atoms with Gasteiger partial charge in [-0.25, -0.2) is 4.98 Å². The van der Waals surface area contributed by atoms with Gasteiger partial charge in [-0.05, 0) is 43.2 Å². The monoisotopic (exact) mass is 346 g/mol. The van der Waals surface area contributed by atoms with Crippen LogP contribution in [-0.2, 0) is 4.79 Å². The van der Waals surface area contributed by atoms with Crippen LogP contribution >= 0.6 is 24.8 Å². The van der Waals surface area contributed by atoms with Gasteiger partial charge in [-0.3, -0.25) is 4.79 Å². The molecular weight excluding hydrogens is 323 g/mol. The molecule has 2 aliphatic carbocycles. The van der Waals surface area contributed by atoms with E-state index in [4.69, 9.17) is 5.73 Å². The van der Waals surface area contributed by atoms with Gasteiger partial charge >= 0.3 is 0 Å². The van der Waals surface area contributed by atoms with E-state index in [1.54, 1.807) is 6.20 Å². The summed E-state index contributed by atoms with van der Waals surface area (Å²) in [7, 11) is 3.92. The van der Waals surface area contributed by atoms with Crippen molar-refractivity contribution in [3.05, 3.63) is 18.3 Å². The zero-order chi connectivity index (χ0) is 14.3. The average Bonchev–Trinajstić information content (AvgIpc) is 2.99. The first-order valence-electron chi connectivity index (χ1n) is 7.26. The van der Waals surface area contributed by atoms with E-state index in [9.17, 15) is 4.79 Å². The summed E-state index contributed by atoms with van der Waals surface area (Å²) >= 11 is 0. The van der Waals surface area contributed by atoms with Gasteiger partial charge in [0.2, 0.25) is 5.91 Å². The minimum absolute atomic E-state index is 0. The molecule has 0 saturated heterocycles. The first kappa shape index (κ1) is 19.0. The summed E-state index contributed by atoms with van der Waals surface area (Å²) in [6.45, 7) is 0. The number of carbonyl (C=O) groups is 1. The largest absolute Gasteiger partial charge is 0.376 e. The smallest absolute Gasteiger partial charge is 0.230 e. The Kier molecular flexibility index (Phi) is 6.47. The van der Waals surface area contributed by atoms with Crippen LogP contribution in [0.3, 0.4) is 0 Å². The Bertz CT molecular complexity index is 507. The molecule has 0 radical (unpaired) electrons. The highest BCUT2D eigenvalue weighted by atomic mass is 35.5. The molecule has 1 aromatic heterocycles. The fraction of sp³-hybridized carbons (Fsp3) is 0.600. The first-order valence-corrected chi connectivity index (χ1v) is 7.26. The van der Waals surface area contributed by atoms with Crippen LogP contribution in [0.5, 0.6) is 0 Å². The van der Waals surface area contributed by atoms with E-state index in [1.165, 1.54) is 6.42 Å². The molecule has 0 spiro atoms. The third-order valence-electron chi connectivity index (χ3n) is 4.80. The van der Waals surface area contributed by atoms with E-state index in [1.807, 2.05) is 31.1 Å². The fourth-order valence-electron chi connectivity index (χ4n) is 3.66. The number of amides is 1. The average molecular weight is 347 g/mol. The van der Waals surface area contributed by atoms with Gasteiger partial charge in [0, 0.05) is 20.1 Å². The third kappa shape index (κ3) is 3.47. The van der Waals surface area contributed by atoms with Crippen molar-refractivity contribution in [2.45, 2.75) is 25.3 Å². The second-order valence-electron chi connectivity index (χ2n) is 6.22. The van der Waals surface area contributed by atoms with Gasteiger partial charge in [0.15, 0.2) is 0 Å². The molecule has 1 aromatic rings. The van der Waals surface area contributed by atoms with Crippen LogP contribution < -0.4 is 16.0 Å². The molecule has 0 aromatic carbocycles. The Hall–Kier alpha value is -1.04. The van der Waals surface area contributed by atoms with Gasteiger partial charge in [-0.1, -0.05) is 0 Å². The molecule has 22 heavy (non-hydrogen) atoms. The number of halogens is 2. The normalized spacial score (nSPS) is 28.5. The molecule has 3 rings (SSSR count). The summed E-state index contributed by atoms with van der Waals surface area (Å²) in [4.78, 5) is 18.7. The van der Waals surface area contributed by atoms with Gasteiger partial charge in [-0.2, -0.15) is 0 Å². The van der Waals surface area contributed by atoms with Gasteiger partial charge in [0.25, 0.3) is 0 Å². The van der Waals surface area contributed by atoms with Crippen molar-refractivity contribution in [2.75, 3.05) is 24.3 Å². The minimum atomic E-state index is -0.0379. The highest BCUT2D eigenvalue weighted by Crippen LogP contribution is 2.47. The molecule has 2 fully saturated rings. The van der Waals surface area contributed by atoms with Crippen molar-refractivity contribution in [1.82, 2.24) is 4.98 Å². The van der Waals surface area contributed by atoms with E-state index in [0.717, 1.165) is 18.5 Å². The Balaban J connectivity index is 0.00000121. The predicted molar refractivity (Wildman–Crippen MR) is 94.0 cm³/mol. The molecule has 5 nitrogen and oxygen atoms in total. The van der Waals surface area contributed by atoms with Crippen LogP contribution in [-0.4, -0.2) is 31.0 Å². The second-order valence-corrected chi connectivity index (χ2v) is 6.22. The molecule has 7 heteroatoms. The van der Waals surface area contributed by atoms with E-state index in [2.05, 4.69) is 10.3 Å². The summed E-state index contributed by atoms with van der Waals surface area (Å²) in [5.41, 5.74) is 7.21. The Morgan fingerprint density at radius 3 is 2.45 bits per heavy atom. The maximum absolute atomic E-state index is 12.4. The summed E-state index contributed by atoms with van der Waals surface area (Å²) < 4.78 is 0. The highest BCUT2D eigenvalue weighted by molar-refractivity contribution is 5.92. The van der Waals surface area contributed by atoms with Crippen molar-refractivity contribution in [2.24, 2.45) is 23.5 Å². The van der Waals surface area contributed by atoms with Crippen molar-refractivity contribution in [1.29, 1.82) is 0 Å². The summed E-state index contributed by atoms with van der Waals surface area (Å²) in [6.07, 6.45) is 5.21. The van der Waals surface area contributed by atoms with E-state index < -0.39 is 0 Å². The van der Waals surface area contributed by atoms with Crippen molar-refractivity contribution < 1.29 is 4.79 Å². The molecule has 1 amide bonds.